The molecule has 0 amide bonds. The summed E-state index contributed by atoms with van der Waals surface area (Å²) >= 11 is 0. The normalized spacial score (nSPS) is 17.9. The molecular formula is C12H23NO2. The number of esters is 1. The highest BCUT2D eigenvalue weighted by molar-refractivity contribution is 5.71. The fraction of sp³-hybridized carbons (Fsp3) is 0.917. The fourth-order valence-electron chi connectivity index (χ4n) is 1.68. The molecule has 3 heteroatoms. The first kappa shape index (κ1) is 12.5. The molecule has 0 aromatic carbocycles. The van der Waals surface area contributed by atoms with E-state index in [2.05, 4.69) is 12.2 Å². The first-order chi connectivity index (χ1) is 7.11. The van der Waals surface area contributed by atoms with Crippen molar-refractivity contribution in [2.24, 2.45) is 5.92 Å². The Morgan fingerprint density at radius 1 is 1.47 bits per heavy atom. The van der Waals surface area contributed by atoms with Crippen LogP contribution in [0.2, 0.25) is 0 Å². The van der Waals surface area contributed by atoms with Crippen LogP contribution in [0.1, 0.15) is 46.5 Å². The van der Waals surface area contributed by atoms with E-state index in [9.17, 15) is 4.79 Å². The van der Waals surface area contributed by atoms with Crippen LogP contribution in [-0.2, 0) is 9.53 Å². The zero-order valence-corrected chi connectivity index (χ0v) is 10.1. The summed E-state index contributed by atoms with van der Waals surface area (Å²) < 4.78 is 5.06. The molecule has 0 spiro atoms. The van der Waals surface area contributed by atoms with Crippen LogP contribution >= 0.6 is 0 Å². The van der Waals surface area contributed by atoms with E-state index in [0.717, 1.165) is 12.3 Å². The summed E-state index contributed by atoms with van der Waals surface area (Å²) in [5.74, 6) is 0.766. The van der Waals surface area contributed by atoms with Gasteiger partial charge in [-0.2, -0.15) is 0 Å². The minimum absolute atomic E-state index is 0.0113. The lowest BCUT2D eigenvalue weighted by atomic mass is 10.1. The molecule has 1 aliphatic carbocycles. The van der Waals surface area contributed by atoms with Gasteiger partial charge in [-0.1, -0.05) is 19.8 Å². The Kier molecular flexibility index (Phi) is 5.09. The van der Waals surface area contributed by atoms with Crippen LogP contribution in [0, 0.1) is 5.92 Å². The monoisotopic (exact) mass is 213 g/mol. The molecule has 0 heterocycles. The zero-order chi connectivity index (χ0) is 11.3. The van der Waals surface area contributed by atoms with Gasteiger partial charge in [0.05, 0.1) is 12.6 Å². The van der Waals surface area contributed by atoms with Gasteiger partial charge in [0.15, 0.2) is 0 Å². The van der Waals surface area contributed by atoms with Gasteiger partial charge >= 0.3 is 5.97 Å². The van der Waals surface area contributed by atoms with Gasteiger partial charge in [-0.15, -0.1) is 0 Å². The van der Waals surface area contributed by atoms with Crippen LogP contribution in [0.25, 0.3) is 0 Å². The standard InChI is InChI=1S/C12H23NO2/c1-4-11(7-10-5-6-10)13-8-12(14)15-9(2)3/h9-11,13H,4-8H2,1-3H3. The van der Waals surface area contributed by atoms with Crippen LogP contribution in [-0.4, -0.2) is 24.7 Å². The van der Waals surface area contributed by atoms with Crippen molar-refractivity contribution in [2.75, 3.05) is 6.54 Å². The van der Waals surface area contributed by atoms with Crippen molar-refractivity contribution in [1.82, 2.24) is 5.32 Å². The average Bonchev–Trinajstić information content (AvgIpc) is 2.94. The smallest absolute Gasteiger partial charge is 0.320 e. The minimum atomic E-state index is -0.140. The molecule has 1 fully saturated rings. The molecule has 1 rings (SSSR count). The molecule has 0 aromatic rings. The third-order valence-corrected chi connectivity index (χ3v) is 2.71. The lowest BCUT2D eigenvalue weighted by Crippen LogP contribution is -2.35. The SMILES string of the molecule is CCC(CC1CC1)NCC(=O)OC(C)C. The van der Waals surface area contributed by atoms with Crippen molar-refractivity contribution < 1.29 is 9.53 Å². The maximum absolute atomic E-state index is 11.3. The summed E-state index contributed by atoms with van der Waals surface area (Å²) in [6.45, 7) is 6.26. The van der Waals surface area contributed by atoms with Crippen molar-refractivity contribution in [3.8, 4) is 0 Å². The average molecular weight is 213 g/mol. The number of nitrogens with one attached hydrogen (secondary N) is 1. The van der Waals surface area contributed by atoms with Gasteiger partial charge in [0.2, 0.25) is 0 Å². The predicted octanol–water partition coefficient (Wildman–Crippen LogP) is 2.11. The van der Waals surface area contributed by atoms with E-state index in [0.29, 0.717) is 12.6 Å². The first-order valence-electron chi connectivity index (χ1n) is 6.04. The summed E-state index contributed by atoms with van der Waals surface area (Å²) in [5, 5.41) is 3.27. The van der Waals surface area contributed by atoms with Crippen LogP contribution in [0.15, 0.2) is 0 Å². The maximum Gasteiger partial charge on any atom is 0.320 e. The molecule has 3 nitrogen and oxygen atoms in total. The first-order valence-corrected chi connectivity index (χ1v) is 6.04. The number of carbonyl (C=O) groups is 1. The van der Waals surface area contributed by atoms with Gasteiger partial charge in [-0.25, -0.2) is 0 Å². The van der Waals surface area contributed by atoms with Crippen molar-refractivity contribution >= 4 is 5.97 Å². The second kappa shape index (κ2) is 6.11. The van der Waals surface area contributed by atoms with Crippen LogP contribution < -0.4 is 5.32 Å². The fourth-order valence-corrected chi connectivity index (χ4v) is 1.68. The summed E-state index contributed by atoms with van der Waals surface area (Å²) in [4.78, 5) is 11.3. The highest BCUT2D eigenvalue weighted by Crippen LogP contribution is 2.33. The van der Waals surface area contributed by atoms with E-state index < -0.39 is 0 Å². The van der Waals surface area contributed by atoms with Crippen molar-refractivity contribution in [1.29, 1.82) is 0 Å². The highest BCUT2D eigenvalue weighted by atomic mass is 16.5. The Bertz CT molecular complexity index is 200. The van der Waals surface area contributed by atoms with Crippen LogP contribution in [0.3, 0.4) is 0 Å². The predicted molar refractivity (Wildman–Crippen MR) is 60.7 cm³/mol. The van der Waals surface area contributed by atoms with Gasteiger partial charge in [0.25, 0.3) is 0 Å². The summed E-state index contributed by atoms with van der Waals surface area (Å²) in [6, 6.07) is 0.484. The molecule has 0 bridgehead atoms. The molecule has 0 aliphatic heterocycles. The van der Waals surface area contributed by atoms with Crippen molar-refractivity contribution in [3.63, 3.8) is 0 Å². The Balaban J connectivity index is 2.11. The molecule has 1 N–H and O–H groups in total. The Morgan fingerprint density at radius 3 is 2.60 bits per heavy atom. The minimum Gasteiger partial charge on any atom is -0.462 e. The van der Waals surface area contributed by atoms with Gasteiger partial charge in [-0.05, 0) is 32.6 Å². The van der Waals surface area contributed by atoms with E-state index >= 15 is 0 Å². The van der Waals surface area contributed by atoms with Crippen molar-refractivity contribution in [2.45, 2.75) is 58.6 Å². The Morgan fingerprint density at radius 2 is 2.13 bits per heavy atom. The topological polar surface area (TPSA) is 38.3 Å². The van der Waals surface area contributed by atoms with Crippen LogP contribution in [0.4, 0.5) is 0 Å². The molecule has 1 atom stereocenters. The summed E-state index contributed by atoms with van der Waals surface area (Å²) in [5.41, 5.74) is 0. The van der Waals surface area contributed by atoms with E-state index in [1.165, 1.54) is 19.3 Å². The molecule has 1 unspecified atom stereocenters. The van der Waals surface area contributed by atoms with Gasteiger partial charge < -0.3 is 10.1 Å². The number of carbonyl (C=O) groups excluding carboxylic acids is 1. The lowest BCUT2D eigenvalue weighted by molar-refractivity contribution is -0.146. The molecule has 0 aromatic heterocycles. The highest BCUT2D eigenvalue weighted by Gasteiger charge is 2.24. The van der Waals surface area contributed by atoms with Gasteiger partial charge in [0, 0.05) is 6.04 Å². The summed E-state index contributed by atoms with van der Waals surface area (Å²) in [7, 11) is 0. The second-order valence-electron chi connectivity index (χ2n) is 4.70. The van der Waals surface area contributed by atoms with E-state index in [-0.39, 0.29) is 12.1 Å². The van der Waals surface area contributed by atoms with Gasteiger partial charge in [0.1, 0.15) is 0 Å². The number of hydrogen-bond donors (Lipinski definition) is 1. The van der Waals surface area contributed by atoms with Crippen molar-refractivity contribution in [3.05, 3.63) is 0 Å². The second-order valence-corrected chi connectivity index (χ2v) is 4.70. The molecule has 88 valence electrons. The lowest BCUT2D eigenvalue weighted by Gasteiger charge is -2.16. The molecule has 15 heavy (non-hydrogen) atoms. The summed E-state index contributed by atoms with van der Waals surface area (Å²) in [6.07, 6.45) is 5.03. The molecular weight excluding hydrogens is 190 g/mol. The van der Waals surface area contributed by atoms with E-state index in [4.69, 9.17) is 4.74 Å². The van der Waals surface area contributed by atoms with E-state index in [1.54, 1.807) is 0 Å². The third kappa shape index (κ3) is 5.78. The van der Waals surface area contributed by atoms with E-state index in [1.807, 2.05) is 13.8 Å². The largest absolute Gasteiger partial charge is 0.462 e. The third-order valence-electron chi connectivity index (χ3n) is 2.71. The number of ether oxygens (including phenoxy) is 1. The van der Waals surface area contributed by atoms with Gasteiger partial charge in [-0.3, -0.25) is 4.79 Å². The molecule has 1 aliphatic rings. The zero-order valence-electron chi connectivity index (χ0n) is 10.1. The molecule has 0 saturated heterocycles. The molecule has 1 saturated carbocycles. The Hall–Kier alpha value is -0.570. The number of hydrogen-bond acceptors (Lipinski definition) is 3. The Labute approximate surface area is 92.6 Å². The number of rotatable bonds is 7. The maximum atomic E-state index is 11.3. The molecule has 0 radical (unpaired) electrons. The quantitative estimate of drug-likeness (QED) is 0.658. The van der Waals surface area contributed by atoms with Crippen LogP contribution in [0.5, 0.6) is 0 Å².